The Hall–Kier alpha value is -0.810. The first kappa shape index (κ1) is 18.5. The Kier molecular flexibility index (Phi) is 6.32. The molecule has 0 bridgehead atoms. The van der Waals surface area contributed by atoms with Gasteiger partial charge < -0.3 is 9.64 Å². The van der Waals surface area contributed by atoms with Gasteiger partial charge in [-0.15, -0.1) is 0 Å². The van der Waals surface area contributed by atoms with Crippen LogP contribution in [0.4, 0.5) is 0 Å². The van der Waals surface area contributed by atoms with Gasteiger partial charge in [0.25, 0.3) is 0 Å². The normalized spacial score (nSPS) is 23.2. The van der Waals surface area contributed by atoms with E-state index in [-0.39, 0.29) is 24.2 Å². The average molecular weight is 359 g/mol. The molecule has 1 fully saturated rings. The predicted molar refractivity (Wildman–Crippen MR) is 94.0 cm³/mol. The summed E-state index contributed by atoms with van der Waals surface area (Å²) >= 11 is 12.0. The molecule has 4 nitrogen and oxygen atoms in total. The molecule has 1 amide bonds. The number of carbonyl (C=O) groups is 1. The predicted octanol–water partition coefficient (Wildman–Crippen LogP) is 3.45. The van der Waals surface area contributed by atoms with Gasteiger partial charge in [-0.3, -0.25) is 9.69 Å². The summed E-state index contributed by atoms with van der Waals surface area (Å²) in [5.41, 5.74) is 1.03. The molecule has 3 unspecified atom stereocenters. The van der Waals surface area contributed by atoms with Crippen LogP contribution in [0.25, 0.3) is 0 Å². The second kappa shape index (κ2) is 7.84. The van der Waals surface area contributed by atoms with Crippen molar-refractivity contribution in [1.82, 2.24) is 9.80 Å². The Labute approximate surface area is 148 Å². The Morgan fingerprint density at radius 3 is 2.48 bits per heavy atom. The van der Waals surface area contributed by atoms with Crippen molar-refractivity contribution in [1.29, 1.82) is 0 Å². The van der Waals surface area contributed by atoms with E-state index in [4.69, 9.17) is 27.9 Å². The third kappa shape index (κ3) is 4.83. The van der Waals surface area contributed by atoms with E-state index in [1.165, 1.54) is 0 Å². The molecule has 0 N–H and O–H groups in total. The van der Waals surface area contributed by atoms with Crippen molar-refractivity contribution < 1.29 is 9.53 Å². The van der Waals surface area contributed by atoms with Crippen molar-refractivity contribution in [3.05, 3.63) is 33.8 Å². The summed E-state index contributed by atoms with van der Waals surface area (Å²) in [5, 5.41) is 1.07. The van der Waals surface area contributed by atoms with Gasteiger partial charge in [-0.25, -0.2) is 0 Å². The van der Waals surface area contributed by atoms with Gasteiger partial charge in [0, 0.05) is 19.6 Å². The zero-order chi connectivity index (χ0) is 17.1. The number of hydrogen-bond donors (Lipinski definition) is 0. The van der Waals surface area contributed by atoms with Crippen molar-refractivity contribution in [2.45, 2.75) is 45.6 Å². The molecular weight excluding hydrogens is 335 g/mol. The second-order valence-corrected chi connectivity index (χ2v) is 7.15. The number of benzene rings is 1. The smallest absolute Gasteiger partial charge is 0.239 e. The van der Waals surface area contributed by atoms with Gasteiger partial charge in [0.2, 0.25) is 5.91 Å². The zero-order valence-electron chi connectivity index (χ0n) is 14.1. The molecule has 0 saturated carbocycles. The summed E-state index contributed by atoms with van der Waals surface area (Å²) in [7, 11) is 1.94. The topological polar surface area (TPSA) is 32.8 Å². The standard InChI is InChI=1S/C17H24Cl2N2O2/c1-11-8-21(9-12(2)23-11)17(22)13(3)20(4)10-14-5-6-15(18)16(19)7-14/h5-7,11-13H,8-10H2,1-4H3. The van der Waals surface area contributed by atoms with Gasteiger partial charge in [-0.05, 0) is 45.5 Å². The fourth-order valence-corrected chi connectivity index (χ4v) is 3.19. The first-order chi connectivity index (χ1) is 10.8. The molecule has 1 aliphatic rings. The van der Waals surface area contributed by atoms with Gasteiger partial charge in [0.1, 0.15) is 0 Å². The Bertz CT molecular complexity index is 558. The fourth-order valence-electron chi connectivity index (χ4n) is 2.87. The SMILES string of the molecule is CC1CN(C(=O)C(C)N(C)Cc2ccc(Cl)c(Cl)c2)CC(C)O1. The molecule has 1 heterocycles. The van der Waals surface area contributed by atoms with Gasteiger partial charge in [0.05, 0.1) is 28.3 Å². The average Bonchev–Trinajstić information content (AvgIpc) is 2.48. The number of amides is 1. The van der Waals surface area contributed by atoms with Crippen molar-refractivity contribution in [2.75, 3.05) is 20.1 Å². The molecule has 3 atom stereocenters. The maximum Gasteiger partial charge on any atom is 0.239 e. The quantitative estimate of drug-likeness (QED) is 0.826. The van der Waals surface area contributed by atoms with Crippen LogP contribution < -0.4 is 0 Å². The van der Waals surface area contributed by atoms with Crippen molar-refractivity contribution in [3.63, 3.8) is 0 Å². The molecular formula is C17H24Cl2N2O2. The van der Waals surface area contributed by atoms with E-state index >= 15 is 0 Å². The number of ether oxygens (including phenoxy) is 1. The highest BCUT2D eigenvalue weighted by atomic mass is 35.5. The minimum Gasteiger partial charge on any atom is -0.372 e. The van der Waals surface area contributed by atoms with Gasteiger partial charge in [-0.2, -0.15) is 0 Å². The summed E-state index contributed by atoms with van der Waals surface area (Å²) in [4.78, 5) is 16.6. The van der Waals surface area contributed by atoms with Crippen LogP contribution in [0.1, 0.15) is 26.3 Å². The molecule has 128 valence electrons. The van der Waals surface area contributed by atoms with Crippen molar-refractivity contribution in [3.8, 4) is 0 Å². The number of hydrogen-bond acceptors (Lipinski definition) is 3. The fraction of sp³-hybridized carbons (Fsp3) is 0.588. The van der Waals surface area contributed by atoms with E-state index < -0.39 is 0 Å². The van der Waals surface area contributed by atoms with E-state index in [0.29, 0.717) is 29.7 Å². The minimum absolute atomic E-state index is 0.0790. The van der Waals surface area contributed by atoms with Crippen molar-refractivity contribution >= 4 is 29.1 Å². The summed E-state index contributed by atoms with van der Waals surface area (Å²) in [6, 6.07) is 5.35. The molecule has 1 saturated heterocycles. The van der Waals surface area contributed by atoms with E-state index in [1.807, 2.05) is 49.8 Å². The van der Waals surface area contributed by atoms with Crippen LogP contribution in [0.2, 0.25) is 10.0 Å². The minimum atomic E-state index is -0.207. The molecule has 0 aromatic heterocycles. The van der Waals surface area contributed by atoms with Crippen LogP contribution in [0.3, 0.4) is 0 Å². The van der Waals surface area contributed by atoms with E-state index in [9.17, 15) is 4.79 Å². The van der Waals surface area contributed by atoms with Crippen molar-refractivity contribution in [2.24, 2.45) is 0 Å². The monoisotopic (exact) mass is 358 g/mol. The molecule has 1 aromatic carbocycles. The summed E-state index contributed by atoms with van der Waals surface area (Å²) in [6.45, 7) is 7.87. The van der Waals surface area contributed by atoms with Crippen LogP contribution >= 0.6 is 23.2 Å². The summed E-state index contributed by atoms with van der Waals surface area (Å²) in [5.74, 6) is 0.134. The summed E-state index contributed by atoms with van der Waals surface area (Å²) in [6.07, 6.45) is 0.158. The number of nitrogens with zero attached hydrogens (tertiary/aromatic N) is 2. The molecule has 0 aliphatic carbocycles. The Morgan fingerprint density at radius 1 is 1.30 bits per heavy atom. The lowest BCUT2D eigenvalue weighted by Crippen LogP contribution is -2.53. The van der Waals surface area contributed by atoms with Gasteiger partial charge in [-0.1, -0.05) is 29.3 Å². The molecule has 2 rings (SSSR count). The van der Waals surface area contributed by atoms with E-state index in [1.54, 1.807) is 6.07 Å². The lowest BCUT2D eigenvalue weighted by molar-refractivity contribution is -0.147. The Morgan fingerprint density at radius 2 is 1.91 bits per heavy atom. The highest BCUT2D eigenvalue weighted by Gasteiger charge is 2.30. The third-order valence-corrected chi connectivity index (χ3v) is 4.90. The van der Waals surface area contributed by atoms with Crippen LogP contribution in [-0.2, 0) is 16.1 Å². The number of halogens is 2. The number of rotatable bonds is 4. The maximum atomic E-state index is 12.7. The Balaban J connectivity index is 1.99. The maximum absolute atomic E-state index is 12.7. The van der Waals surface area contributed by atoms with Crippen LogP contribution in [0.15, 0.2) is 18.2 Å². The molecule has 1 aromatic rings. The first-order valence-electron chi connectivity index (χ1n) is 7.86. The molecule has 6 heteroatoms. The highest BCUT2D eigenvalue weighted by molar-refractivity contribution is 6.42. The number of likely N-dealkylation sites (N-methyl/N-ethyl adjacent to an activating group) is 1. The lowest BCUT2D eigenvalue weighted by atomic mass is 10.1. The van der Waals surface area contributed by atoms with Crippen LogP contribution in [0.5, 0.6) is 0 Å². The highest BCUT2D eigenvalue weighted by Crippen LogP contribution is 2.23. The van der Waals surface area contributed by atoms with Crippen LogP contribution in [0, 0.1) is 0 Å². The summed E-state index contributed by atoms with van der Waals surface area (Å²) < 4.78 is 5.69. The third-order valence-electron chi connectivity index (χ3n) is 4.17. The van der Waals surface area contributed by atoms with E-state index in [2.05, 4.69) is 0 Å². The lowest BCUT2D eigenvalue weighted by Gasteiger charge is -2.38. The van der Waals surface area contributed by atoms with Gasteiger partial charge >= 0.3 is 0 Å². The number of carbonyl (C=O) groups excluding carboxylic acids is 1. The molecule has 0 radical (unpaired) electrons. The second-order valence-electron chi connectivity index (χ2n) is 6.34. The molecule has 1 aliphatic heterocycles. The first-order valence-corrected chi connectivity index (χ1v) is 8.62. The van der Waals surface area contributed by atoms with Gasteiger partial charge in [0.15, 0.2) is 0 Å². The zero-order valence-corrected chi connectivity index (χ0v) is 15.6. The largest absolute Gasteiger partial charge is 0.372 e. The molecule has 23 heavy (non-hydrogen) atoms. The number of morpholine rings is 1. The molecule has 0 spiro atoms. The van der Waals surface area contributed by atoms with E-state index in [0.717, 1.165) is 5.56 Å². The van der Waals surface area contributed by atoms with Crippen LogP contribution in [-0.4, -0.2) is 54.1 Å².